The molecule has 0 aliphatic heterocycles. The number of aromatic nitrogens is 3. The zero-order chi connectivity index (χ0) is 22.6. The second-order valence-electron chi connectivity index (χ2n) is 6.85. The number of rotatable bonds is 8. The van der Waals surface area contributed by atoms with Gasteiger partial charge in [0.05, 0.1) is 29.1 Å². The zero-order valence-electron chi connectivity index (χ0n) is 17.4. The topological polar surface area (TPSA) is 123 Å². The number of fused-ring (bicyclic) bond motifs is 1. The van der Waals surface area contributed by atoms with Crippen molar-refractivity contribution in [2.45, 2.75) is 24.8 Å². The fourth-order valence-electron chi connectivity index (χ4n) is 2.86. The van der Waals surface area contributed by atoms with Crippen molar-refractivity contribution in [1.29, 1.82) is 0 Å². The third kappa shape index (κ3) is 5.06. The van der Waals surface area contributed by atoms with Crippen LogP contribution in [0.1, 0.15) is 23.7 Å². The molecule has 1 amide bonds. The first-order chi connectivity index (χ1) is 14.7. The highest BCUT2D eigenvalue weighted by Crippen LogP contribution is 2.19. The second kappa shape index (κ2) is 9.23. The van der Waals surface area contributed by atoms with Gasteiger partial charge in [-0.1, -0.05) is 11.3 Å². The number of nitrogens with zero attached hydrogens (tertiary/aromatic N) is 4. The van der Waals surface area contributed by atoms with E-state index in [2.05, 4.69) is 15.6 Å². The van der Waals surface area contributed by atoms with Gasteiger partial charge >= 0.3 is 5.97 Å². The van der Waals surface area contributed by atoms with Crippen LogP contribution < -0.4 is 5.32 Å². The largest absolute Gasteiger partial charge is 0.462 e. The number of benzene rings is 2. The summed E-state index contributed by atoms with van der Waals surface area (Å²) in [5.74, 6) is -0.722. The van der Waals surface area contributed by atoms with Crippen LogP contribution in [0.3, 0.4) is 0 Å². The first kappa shape index (κ1) is 22.4. The molecule has 1 N–H and O–H groups in total. The highest BCUT2D eigenvalue weighted by Gasteiger charge is 2.19. The Balaban J connectivity index is 1.67. The lowest BCUT2D eigenvalue weighted by Gasteiger charge is -2.11. The molecule has 0 unspecified atom stereocenters. The van der Waals surface area contributed by atoms with E-state index in [9.17, 15) is 18.0 Å². The van der Waals surface area contributed by atoms with Crippen LogP contribution in [0.15, 0.2) is 47.4 Å². The van der Waals surface area contributed by atoms with Gasteiger partial charge in [-0.05, 0) is 43.3 Å². The lowest BCUT2D eigenvalue weighted by atomic mass is 10.2. The van der Waals surface area contributed by atoms with E-state index in [4.69, 9.17) is 4.74 Å². The summed E-state index contributed by atoms with van der Waals surface area (Å²) in [6.07, 6.45) is 0.111. The summed E-state index contributed by atoms with van der Waals surface area (Å²) in [4.78, 5) is 24.3. The molecule has 0 fully saturated rings. The Bertz CT molecular complexity index is 1220. The molecule has 0 radical (unpaired) electrons. The molecule has 10 nitrogen and oxygen atoms in total. The van der Waals surface area contributed by atoms with Crippen LogP contribution in [-0.2, 0) is 26.1 Å². The summed E-state index contributed by atoms with van der Waals surface area (Å²) >= 11 is 0. The molecule has 0 aliphatic carbocycles. The number of sulfonamides is 1. The summed E-state index contributed by atoms with van der Waals surface area (Å²) < 4.78 is 32.1. The molecule has 11 heteroatoms. The van der Waals surface area contributed by atoms with E-state index in [1.165, 1.54) is 30.9 Å². The first-order valence-corrected chi connectivity index (χ1v) is 11.0. The Morgan fingerprint density at radius 2 is 1.94 bits per heavy atom. The number of hydrogen-bond acceptors (Lipinski definition) is 7. The fraction of sp³-hybridized carbons (Fsp3) is 0.300. The SMILES string of the molecule is CCOC(=O)c1cccc(NC(=O)CCn2nnc3cc(S(=O)(=O)N(C)C)ccc32)c1. The van der Waals surface area contributed by atoms with E-state index in [0.29, 0.717) is 22.3 Å². The Morgan fingerprint density at radius 1 is 1.16 bits per heavy atom. The Kier molecular flexibility index (Phi) is 6.66. The van der Waals surface area contributed by atoms with E-state index in [1.807, 2.05) is 0 Å². The number of ether oxygens (including phenoxy) is 1. The molecule has 0 aliphatic rings. The number of anilines is 1. The molecule has 164 valence electrons. The number of nitrogens with one attached hydrogen (secondary N) is 1. The predicted octanol–water partition coefficient (Wildman–Crippen LogP) is 1.89. The van der Waals surface area contributed by atoms with Crippen LogP contribution in [0, 0.1) is 0 Å². The molecule has 1 heterocycles. The van der Waals surface area contributed by atoms with Gasteiger partial charge in [0, 0.05) is 26.2 Å². The summed E-state index contributed by atoms with van der Waals surface area (Å²) in [5, 5.41) is 10.8. The Labute approximate surface area is 179 Å². The van der Waals surface area contributed by atoms with Crippen molar-refractivity contribution in [2.24, 2.45) is 0 Å². The average molecular weight is 446 g/mol. The van der Waals surface area contributed by atoms with E-state index in [-0.39, 0.29) is 30.4 Å². The lowest BCUT2D eigenvalue weighted by Crippen LogP contribution is -2.22. The number of carbonyl (C=O) groups is 2. The molecule has 0 saturated carbocycles. The highest BCUT2D eigenvalue weighted by atomic mass is 32.2. The molecular weight excluding hydrogens is 422 g/mol. The van der Waals surface area contributed by atoms with Crippen LogP contribution in [0.25, 0.3) is 11.0 Å². The van der Waals surface area contributed by atoms with Crippen molar-refractivity contribution < 1.29 is 22.7 Å². The van der Waals surface area contributed by atoms with Crippen LogP contribution in [0.2, 0.25) is 0 Å². The Hall–Kier alpha value is -3.31. The van der Waals surface area contributed by atoms with Crippen molar-refractivity contribution in [3.8, 4) is 0 Å². The third-order valence-electron chi connectivity index (χ3n) is 4.47. The summed E-state index contributed by atoms with van der Waals surface area (Å²) in [7, 11) is -0.662. The fourth-order valence-corrected chi connectivity index (χ4v) is 3.78. The number of esters is 1. The first-order valence-electron chi connectivity index (χ1n) is 9.55. The van der Waals surface area contributed by atoms with E-state index in [0.717, 1.165) is 4.31 Å². The van der Waals surface area contributed by atoms with Gasteiger partial charge in [-0.2, -0.15) is 0 Å². The number of amides is 1. The van der Waals surface area contributed by atoms with Gasteiger partial charge in [-0.15, -0.1) is 5.10 Å². The number of aryl methyl sites for hydroxylation is 1. The van der Waals surface area contributed by atoms with Crippen molar-refractivity contribution in [1.82, 2.24) is 19.3 Å². The lowest BCUT2D eigenvalue weighted by molar-refractivity contribution is -0.116. The normalized spacial score (nSPS) is 11.6. The van der Waals surface area contributed by atoms with Gasteiger partial charge in [0.15, 0.2) is 0 Å². The molecule has 0 spiro atoms. The quantitative estimate of drug-likeness (QED) is 0.525. The molecule has 3 aromatic rings. The van der Waals surface area contributed by atoms with Gasteiger partial charge in [0.1, 0.15) is 5.52 Å². The summed E-state index contributed by atoms with van der Waals surface area (Å²) in [6.45, 7) is 2.24. The van der Waals surface area contributed by atoms with E-state index < -0.39 is 16.0 Å². The molecule has 0 saturated heterocycles. The van der Waals surface area contributed by atoms with E-state index >= 15 is 0 Å². The molecular formula is C20H23N5O5S. The predicted molar refractivity (Wildman–Crippen MR) is 114 cm³/mol. The van der Waals surface area contributed by atoms with Crippen molar-refractivity contribution in [3.05, 3.63) is 48.0 Å². The van der Waals surface area contributed by atoms with Crippen LogP contribution in [0.5, 0.6) is 0 Å². The third-order valence-corrected chi connectivity index (χ3v) is 6.28. The summed E-state index contributed by atoms with van der Waals surface area (Å²) in [5.41, 5.74) is 1.88. The molecule has 31 heavy (non-hydrogen) atoms. The molecule has 1 aromatic heterocycles. The minimum Gasteiger partial charge on any atom is -0.462 e. The molecule has 3 rings (SSSR count). The van der Waals surface area contributed by atoms with Gasteiger partial charge < -0.3 is 10.1 Å². The van der Waals surface area contributed by atoms with Gasteiger partial charge in [0.2, 0.25) is 15.9 Å². The molecule has 2 aromatic carbocycles. The van der Waals surface area contributed by atoms with E-state index in [1.54, 1.807) is 37.3 Å². The van der Waals surface area contributed by atoms with Crippen LogP contribution in [0.4, 0.5) is 5.69 Å². The molecule has 0 bridgehead atoms. The minimum absolute atomic E-state index is 0.111. The second-order valence-corrected chi connectivity index (χ2v) is 9.00. The van der Waals surface area contributed by atoms with Crippen LogP contribution in [-0.4, -0.2) is 60.3 Å². The van der Waals surface area contributed by atoms with Crippen molar-refractivity contribution in [3.63, 3.8) is 0 Å². The van der Waals surface area contributed by atoms with Gasteiger partial charge in [-0.3, -0.25) is 4.79 Å². The average Bonchev–Trinajstić information content (AvgIpc) is 3.15. The maximum atomic E-state index is 12.3. The monoisotopic (exact) mass is 445 g/mol. The Morgan fingerprint density at radius 3 is 2.65 bits per heavy atom. The van der Waals surface area contributed by atoms with Crippen molar-refractivity contribution >= 4 is 38.6 Å². The smallest absolute Gasteiger partial charge is 0.338 e. The highest BCUT2D eigenvalue weighted by molar-refractivity contribution is 7.89. The van der Waals surface area contributed by atoms with Gasteiger partial charge in [-0.25, -0.2) is 22.2 Å². The van der Waals surface area contributed by atoms with Gasteiger partial charge in [0.25, 0.3) is 0 Å². The number of carbonyl (C=O) groups excluding carboxylic acids is 2. The maximum absolute atomic E-state index is 12.3. The zero-order valence-corrected chi connectivity index (χ0v) is 18.2. The molecule has 0 atom stereocenters. The minimum atomic E-state index is -3.57. The van der Waals surface area contributed by atoms with Crippen LogP contribution >= 0.6 is 0 Å². The maximum Gasteiger partial charge on any atom is 0.338 e. The summed E-state index contributed by atoms with van der Waals surface area (Å²) in [6, 6.07) is 11.1. The van der Waals surface area contributed by atoms with Crippen molar-refractivity contribution in [2.75, 3.05) is 26.0 Å². The standard InChI is InChI=1S/C20H23N5O5S/c1-4-30-20(27)14-6-5-7-15(12-14)21-19(26)10-11-25-18-9-8-16(13-17(18)22-23-25)31(28,29)24(2)3/h5-9,12-13H,4,10-11H2,1-3H3,(H,21,26). The number of hydrogen-bond donors (Lipinski definition) is 1.